The van der Waals surface area contributed by atoms with Crippen LogP contribution in [0.3, 0.4) is 0 Å². The molecule has 1 aliphatic rings. The number of benzene rings is 3. The molecule has 0 saturated heterocycles. The molecule has 0 saturated carbocycles. The second-order valence-corrected chi connectivity index (χ2v) is 11.2. The van der Waals surface area contributed by atoms with Gasteiger partial charge in [0.25, 0.3) is 0 Å². The minimum atomic E-state index is -0.716. The van der Waals surface area contributed by atoms with Gasteiger partial charge >= 0.3 is 0 Å². The summed E-state index contributed by atoms with van der Waals surface area (Å²) in [4.78, 5) is 48.9. The molecule has 3 heterocycles. The van der Waals surface area contributed by atoms with Crippen LogP contribution in [0, 0.1) is 6.92 Å². The molecular formula is C37H34N6O2. The molecule has 0 spiro atoms. The Morgan fingerprint density at radius 3 is 2.24 bits per heavy atom. The average molecular weight is 595 g/mol. The van der Waals surface area contributed by atoms with Crippen LogP contribution >= 0.6 is 0 Å². The maximum atomic E-state index is 14.5. The van der Waals surface area contributed by atoms with Crippen molar-refractivity contribution in [2.24, 2.45) is 0 Å². The van der Waals surface area contributed by atoms with Crippen LogP contribution in [0.25, 0.3) is 17.2 Å². The van der Waals surface area contributed by atoms with Crippen LogP contribution in [0.15, 0.2) is 116 Å². The summed E-state index contributed by atoms with van der Waals surface area (Å²) in [6.07, 6.45) is 12.8. The second kappa shape index (κ2) is 13.9. The van der Waals surface area contributed by atoms with Gasteiger partial charge in [0, 0.05) is 68.0 Å². The largest absolute Gasteiger partial charge is 0.336 e. The van der Waals surface area contributed by atoms with Crippen LogP contribution in [0.1, 0.15) is 33.6 Å². The summed E-state index contributed by atoms with van der Waals surface area (Å²) >= 11 is 0. The smallest absolute Gasteiger partial charge is 0.247 e. The number of hydrogen-bond acceptors (Lipinski definition) is 6. The second-order valence-electron chi connectivity index (χ2n) is 11.2. The lowest BCUT2D eigenvalue weighted by molar-refractivity contribution is -0.144. The van der Waals surface area contributed by atoms with Crippen molar-refractivity contribution in [1.29, 1.82) is 0 Å². The fourth-order valence-electron chi connectivity index (χ4n) is 5.60. The topological polar surface area (TPSA) is 92.2 Å². The highest BCUT2D eigenvalue weighted by Gasteiger charge is 2.34. The SMILES string of the molecule is Cc1ncc(C=CC(=O)N(Cc2ccc(-c3cncnc3)cc2)C(Cc2ccccc2)C(=O)N2CCc3ccccc3C2)cn1. The lowest BCUT2D eigenvalue weighted by atomic mass is 9.97. The lowest BCUT2D eigenvalue weighted by Crippen LogP contribution is -2.52. The van der Waals surface area contributed by atoms with Crippen molar-refractivity contribution < 1.29 is 9.59 Å². The molecule has 0 radical (unpaired) electrons. The number of carbonyl (C=O) groups excluding carboxylic acids is 2. The zero-order valence-electron chi connectivity index (χ0n) is 25.2. The Balaban J connectivity index is 1.34. The van der Waals surface area contributed by atoms with Crippen molar-refractivity contribution in [2.45, 2.75) is 38.9 Å². The molecule has 0 fully saturated rings. The third-order valence-electron chi connectivity index (χ3n) is 8.08. The van der Waals surface area contributed by atoms with E-state index in [0.717, 1.165) is 34.2 Å². The number of aromatic nitrogens is 4. The minimum absolute atomic E-state index is 0.0631. The van der Waals surface area contributed by atoms with Gasteiger partial charge in [0.05, 0.1) is 0 Å². The molecule has 1 unspecified atom stereocenters. The summed E-state index contributed by atoms with van der Waals surface area (Å²) in [6.45, 7) is 3.20. The zero-order valence-corrected chi connectivity index (χ0v) is 25.2. The molecule has 45 heavy (non-hydrogen) atoms. The van der Waals surface area contributed by atoms with Gasteiger partial charge < -0.3 is 9.80 Å². The third kappa shape index (κ3) is 7.36. The van der Waals surface area contributed by atoms with Gasteiger partial charge in [-0.1, -0.05) is 78.9 Å². The van der Waals surface area contributed by atoms with Crippen molar-refractivity contribution in [3.63, 3.8) is 0 Å². The van der Waals surface area contributed by atoms with E-state index >= 15 is 0 Å². The van der Waals surface area contributed by atoms with E-state index in [9.17, 15) is 9.59 Å². The summed E-state index contributed by atoms with van der Waals surface area (Å²) in [6, 6.07) is 25.4. The molecule has 8 heteroatoms. The highest BCUT2D eigenvalue weighted by atomic mass is 16.2. The minimum Gasteiger partial charge on any atom is -0.336 e. The average Bonchev–Trinajstić information content (AvgIpc) is 3.10. The Morgan fingerprint density at radius 1 is 0.822 bits per heavy atom. The van der Waals surface area contributed by atoms with E-state index in [0.29, 0.717) is 30.9 Å². The standard InChI is InChI=1S/C37H34N6O2/c1-27-40-20-30(21-41-27)13-16-36(44)43(24-29-11-14-32(15-12-29)34-22-38-26-39-23-34)35(19-28-7-3-2-4-8-28)37(45)42-18-17-31-9-5-6-10-33(31)25-42/h2-16,20-23,26,35H,17-19,24-25H2,1H3. The quantitative estimate of drug-likeness (QED) is 0.210. The fraction of sp³-hybridized carbons (Fsp3) is 0.189. The maximum absolute atomic E-state index is 14.5. The van der Waals surface area contributed by atoms with Gasteiger partial charge in [-0.3, -0.25) is 9.59 Å². The Hall–Kier alpha value is -5.50. The summed E-state index contributed by atoms with van der Waals surface area (Å²) in [7, 11) is 0. The number of fused-ring (bicyclic) bond motifs is 1. The Kier molecular flexibility index (Phi) is 9.11. The molecule has 5 aromatic rings. The molecular weight excluding hydrogens is 560 g/mol. The zero-order chi connectivity index (χ0) is 31.0. The van der Waals surface area contributed by atoms with Crippen LogP contribution in [-0.4, -0.2) is 54.1 Å². The van der Waals surface area contributed by atoms with Gasteiger partial charge in [-0.2, -0.15) is 0 Å². The number of aryl methyl sites for hydroxylation is 1. The molecule has 8 nitrogen and oxygen atoms in total. The van der Waals surface area contributed by atoms with Crippen LogP contribution in [0.2, 0.25) is 0 Å². The van der Waals surface area contributed by atoms with Crippen molar-refractivity contribution in [3.8, 4) is 11.1 Å². The lowest BCUT2D eigenvalue weighted by Gasteiger charge is -2.37. The predicted octanol–water partition coefficient (Wildman–Crippen LogP) is 5.48. The Bertz CT molecular complexity index is 1770. The van der Waals surface area contributed by atoms with Gasteiger partial charge in [0.2, 0.25) is 11.8 Å². The maximum Gasteiger partial charge on any atom is 0.247 e. The summed E-state index contributed by atoms with van der Waals surface area (Å²) in [5, 5.41) is 0. The monoisotopic (exact) mass is 594 g/mol. The van der Waals surface area contributed by atoms with E-state index in [1.54, 1.807) is 35.8 Å². The molecule has 0 aliphatic carbocycles. The molecule has 1 atom stereocenters. The van der Waals surface area contributed by atoms with Gasteiger partial charge in [-0.25, -0.2) is 19.9 Å². The summed E-state index contributed by atoms with van der Waals surface area (Å²) in [5.74, 6) is 0.330. The third-order valence-corrected chi connectivity index (χ3v) is 8.08. The van der Waals surface area contributed by atoms with Crippen molar-refractivity contribution in [2.75, 3.05) is 6.54 Å². The van der Waals surface area contributed by atoms with E-state index in [2.05, 4.69) is 32.1 Å². The van der Waals surface area contributed by atoms with Crippen molar-refractivity contribution in [3.05, 3.63) is 150 Å². The number of rotatable bonds is 9. The Labute approximate surface area is 263 Å². The van der Waals surface area contributed by atoms with Crippen molar-refractivity contribution >= 4 is 17.9 Å². The first-order valence-electron chi connectivity index (χ1n) is 15.0. The summed E-state index contributed by atoms with van der Waals surface area (Å²) in [5.41, 5.74) is 6.90. The van der Waals surface area contributed by atoms with E-state index in [1.807, 2.05) is 78.6 Å². The first-order chi connectivity index (χ1) is 22.0. The summed E-state index contributed by atoms with van der Waals surface area (Å²) < 4.78 is 0. The molecule has 2 amide bonds. The van der Waals surface area contributed by atoms with Crippen molar-refractivity contribution in [1.82, 2.24) is 29.7 Å². The molecule has 0 bridgehead atoms. The van der Waals surface area contributed by atoms with E-state index in [-0.39, 0.29) is 18.4 Å². The molecule has 1 aliphatic heterocycles. The van der Waals surface area contributed by atoms with E-state index in [4.69, 9.17) is 0 Å². The molecule has 6 rings (SSSR count). The van der Waals surface area contributed by atoms with Crippen LogP contribution in [0.5, 0.6) is 0 Å². The predicted molar refractivity (Wildman–Crippen MR) is 173 cm³/mol. The van der Waals surface area contributed by atoms with Gasteiger partial charge in [0.1, 0.15) is 18.2 Å². The first kappa shape index (κ1) is 29.6. The van der Waals surface area contributed by atoms with Gasteiger partial charge in [-0.05, 0) is 47.2 Å². The van der Waals surface area contributed by atoms with Gasteiger partial charge in [0.15, 0.2) is 0 Å². The van der Waals surface area contributed by atoms with E-state index in [1.165, 1.54) is 18.0 Å². The van der Waals surface area contributed by atoms with Crippen LogP contribution < -0.4 is 0 Å². The number of carbonyl (C=O) groups is 2. The molecule has 3 aromatic carbocycles. The highest BCUT2D eigenvalue weighted by molar-refractivity contribution is 5.95. The first-order valence-corrected chi connectivity index (χ1v) is 15.0. The molecule has 2 aromatic heterocycles. The van der Waals surface area contributed by atoms with Crippen LogP contribution in [0.4, 0.5) is 0 Å². The highest BCUT2D eigenvalue weighted by Crippen LogP contribution is 2.24. The normalized spacial score (nSPS) is 13.3. The fourth-order valence-corrected chi connectivity index (χ4v) is 5.60. The number of hydrogen-bond donors (Lipinski definition) is 0. The number of nitrogens with zero attached hydrogens (tertiary/aromatic N) is 6. The van der Waals surface area contributed by atoms with Gasteiger partial charge in [-0.15, -0.1) is 0 Å². The van der Waals surface area contributed by atoms with Crippen LogP contribution in [-0.2, 0) is 35.5 Å². The Morgan fingerprint density at radius 2 is 1.51 bits per heavy atom. The molecule has 0 N–H and O–H groups in total. The number of amides is 2. The van der Waals surface area contributed by atoms with E-state index < -0.39 is 6.04 Å². The molecule has 224 valence electrons.